The van der Waals surface area contributed by atoms with Crippen molar-refractivity contribution in [3.8, 4) is 11.5 Å². The number of fused-ring (bicyclic) bond motifs is 1. The van der Waals surface area contributed by atoms with Crippen molar-refractivity contribution in [2.45, 2.75) is 64.2 Å². The van der Waals surface area contributed by atoms with Gasteiger partial charge in [0, 0.05) is 12.6 Å². The molecule has 2 amide bonds. The van der Waals surface area contributed by atoms with E-state index in [1.165, 1.54) is 18.6 Å². The van der Waals surface area contributed by atoms with Crippen LogP contribution in [0, 0.1) is 11.7 Å². The van der Waals surface area contributed by atoms with Crippen molar-refractivity contribution in [2.75, 3.05) is 0 Å². The summed E-state index contributed by atoms with van der Waals surface area (Å²) < 4.78 is 21.0. The van der Waals surface area contributed by atoms with Crippen LogP contribution in [0.4, 0.5) is 4.39 Å². The number of halogens is 1. The second-order valence-electron chi connectivity index (χ2n) is 9.80. The van der Waals surface area contributed by atoms with Crippen LogP contribution in [0.3, 0.4) is 0 Å². The molecule has 1 saturated carbocycles. The molecule has 1 N–H and O–H groups in total. The predicted octanol–water partition coefficient (Wildman–Crippen LogP) is 5.00. The summed E-state index contributed by atoms with van der Waals surface area (Å²) in [6.45, 7) is 4.51. The number of carbonyl (C=O) groups is 2. The molecule has 3 unspecified atom stereocenters. The van der Waals surface area contributed by atoms with Crippen LogP contribution in [0.1, 0.15) is 55.6 Å². The predicted molar refractivity (Wildman–Crippen MR) is 126 cm³/mol. The lowest BCUT2D eigenvalue weighted by Gasteiger charge is -2.45. The zero-order valence-electron chi connectivity index (χ0n) is 19.6. The van der Waals surface area contributed by atoms with Gasteiger partial charge in [-0.2, -0.15) is 0 Å². The van der Waals surface area contributed by atoms with Crippen molar-refractivity contribution in [1.29, 1.82) is 0 Å². The van der Waals surface area contributed by atoms with Gasteiger partial charge in [-0.1, -0.05) is 31.9 Å². The minimum Gasteiger partial charge on any atom is -0.463 e. The molecular weight excluding hydrogens is 433 g/mol. The Hall–Kier alpha value is -3.35. The number of hydrogen-bond acceptors (Lipinski definition) is 3. The highest BCUT2D eigenvalue weighted by Gasteiger charge is 2.48. The molecule has 2 aliphatic rings. The van der Waals surface area contributed by atoms with E-state index in [1.54, 1.807) is 35.4 Å². The lowest BCUT2D eigenvalue weighted by Crippen LogP contribution is -2.65. The molecule has 0 spiro atoms. The monoisotopic (exact) mass is 463 g/mol. The number of amides is 2. The summed E-state index contributed by atoms with van der Waals surface area (Å²) in [6.07, 6.45) is 5.90. The molecule has 3 atom stereocenters. The highest BCUT2D eigenvalue weighted by Crippen LogP contribution is 2.35. The Labute approximate surface area is 198 Å². The van der Waals surface area contributed by atoms with Gasteiger partial charge in [-0.25, -0.2) is 4.39 Å². The summed E-state index contributed by atoms with van der Waals surface area (Å²) in [5, 5.41) is 3.27. The Morgan fingerprint density at radius 1 is 1.12 bits per heavy atom. The van der Waals surface area contributed by atoms with Crippen LogP contribution < -0.4 is 5.32 Å². The first-order valence-corrected chi connectivity index (χ1v) is 12.0. The second-order valence-corrected chi connectivity index (χ2v) is 9.80. The van der Waals surface area contributed by atoms with E-state index in [0.717, 1.165) is 30.5 Å². The van der Waals surface area contributed by atoms with E-state index in [-0.39, 0.29) is 30.2 Å². The fourth-order valence-corrected chi connectivity index (χ4v) is 5.29. The zero-order chi connectivity index (χ0) is 23.9. The van der Waals surface area contributed by atoms with E-state index in [9.17, 15) is 14.0 Å². The number of hydrogen-bond donors (Lipinski definition) is 1. The van der Waals surface area contributed by atoms with Crippen LogP contribution in [-0.4, -0.2) is 32.9 Å². The van der Waals surface area contributed by atoms with E-state index in [2.05, 4.69) is 12.2 Å². The van der Waals surface area contributed by atoms with Crippen LogP contribution in [0.5, 0.6) is 0 Å². The molecule has 1 fully saturated rings. The van der Waals surface area contributed by atoms with Crippen molar-refractivity contribution in [3.63, 3.8) is 0 Å². The van der Waals surface area contributed by atoms with Crippen molar-refractivity contribution in [2.24, 2.45) is 5.92 Å². The molecule has 34 heavy (non-hydrogen) atoms. The Bertz CT molecular complexity index is 1180. The van der Waals surface area contributed by atoms with Gasteiger partial charge in [0.2, 0.25) is 5.91 Å². The van der Waals surface area contributed by atoms with Crippen molar-refractivity contribution in [3.05, 3.63) is 71.9 Å². The summed E-state index contributed by atoms with van der Waals surface area (Å²) in [5.74, 6) is 0.313. The first-order valence-electron chi connectivity index (χ1n) is 12.0. The minimum absolute atomic E-state index is 0.0939. The van der Waals surface area contributed by atoms with Crippen molar-refractivity contribution >= 4 is 11.8 Å². The number of carbonyl (C=O) groups excluding carboxylic acids is 2. The molecule has 5 rings (SSSR count). The normalized spacial score (nSPS) is 24.7. The summed E-state index contributed by atoms with van der Waals surface area (Å²) >= 11 is 0. The molecule has 0 radical (unpaired) electrons. The van der Waals surface area contributed by atoms with Gasteiger partial charge in [-0.05, 0) is 67.6 Å². The molecule has 0 bridgehead atoms. The molecule has 1 aliphatic heterocycles. The molecule has 3 heterocycles. The molecule has 1 aromatic carbocycles. The first kappa shape index (κ1) is 22.4. The smallest absolute Gasteiger partial charge is 0.271 e. The maximum atomic E-state index is 13.9. The molecule has 2 aromatic heterocycles. The van der Waals surface area contributed by atoms with Gasteiger partial charge in [-0.15, -0.1) is 0 Å². The van der Waals surface area contributed by atoms with Gasteiger partial charge in [0.05, 0.1) is 18.5 Å². The maximum absolute atomic E-state index is 13.9. The van der Waals surface area contributed by atoms with E-state index >= 15 is 0 Å². The highest BCUT2D eigenvalue weighted by atomic mass is 19.1. The Balaban J connectivity index is 1.52. The fourth-order valence-electron chi connectivity index (χ4n) is 5.29. The summed E-state index contributed by atoms with van der Waals surface area (Å²) in [7, 11) is 0. The molecular formula is C27H30FN3O3. The number of nitrogens with zero attached hydrogens (tertiary/aromatic N) is 2. The minimum atomic E-state index is -1.13. The quantitative estimate of drug-likeness (QED) is 0.579. The Kier molecular flexibility index (Phi) is 5.80. The van der Waals surface area contributed by atoms with E-state index in [0.29, 0.717) is 23.9 Å². The lowest BCUT2D eigenvalue weighted by molar-refractivity contribution is -0.134. The van der Waals surface area contributed by atoms with Crippen molar-refractivity contribution in [1.82, 2.24) is 14.8 Å². The highest BCUT2D eigenvalue weighted by molar-refractivity contribution is 6.00. The maximum Gasteiger partial charge on any atom is 0.271 e. The average Bonchev–Trinajstić information content (AvgIpc) is 3.49. The van der Waals surface area contributed by atoms with Gasteiger partial charge in [0.25, 0.3) is 5.91 Å². The van der Waals surface area contributed by atoms with E-state index < -0.39 is 5.54 Å². The molecule has 3 aromatic rings. The van der Waals surface area contributed by atoms with Crippen LogP contribution >= 0.6 is 0 Å². The van der Waals surface area contributed by atoms with Crippen LogP contribution in [-0.2, 0) is 17.9 Å². The number of benzene rings is 1. The molecule has 1 aliphatic carbocycles. The van der Waals surface area contributed by atoms with E-state index in [1.807, 2.05) is 23.6 Å². The van der Waals surface area contributed by atoms with Gasteiger partial charge in [-0.3, -0.25) is 9.59 Å². The van der Waals surface area contributed by atoms with Gasteiger partial charge < -0.3 is 19.2 Å². The standard InChI is InChI=1S/C27H30FN3O3/c1-18-6-3-4-7-21(18)29-26(33)27(2)17-30-22(24-8-5-15-34-24)13-14-23(30)25(32)31(27)16-19-9-11-20(28)12-10-19/h5,8-15,18,21H,3-4,6-7,16-17H2,1-2H3,(H,29,33). The second kappa shape index (κ2) is 8.78. The topological polar surface area (TPSA) is 67.5 Å². The first-order chi connectivity index (χ1) is 16.4. The number of furan rings is 1. The van der Waals surface area contributed by atoms with Gasteiger partial charge >= 0.3 is 0 Å². The number of aromatic nitrogens is 1. The van der Waals surface area contributed by atoms with Crippen molar-refractivity contribution < 1.29 is 18.4 Å². The number of rotatable bonds is 5. The average molecular weight is 464 g/mol. The third-order valence-electron chi connectivity index (χ3n) is 7.45. The molecule has 178 valence electrons. The third kappa shape index (κ3) is 3.93. The lowest BCUT2D eigenvalue weighted by atomic mass is 9.85. The Morgan fingerprint density at radius 2 is 1.85 bits per heavy atom. The SMILES string of the molecule is CC1CCCCC1NC(=O)C1(C)Cn2c(ccc2-c2ccco2)C(=O)N1Cc1ccc(F)cc1. The largest absolute Gasteiger partial charge is 0.463 e. The molecule has 0 saturated heterocycles. The number of nitrogens with one attached hydrogen (secondary N) is 1. The summed E-state index contributed by atoms with van der Waals surface area (Å²) in [6, 6.07) is 13.4. The summed E-state index contributed by atoms with van der Waals surface area (Å²) in [4.78, 5) is 29.3. The van der Waals surface area contributed by atoms with Gasteiger partial charge in [0.15, 0.2) is 0 Å². The van der Waals surface area contributed by atoms with Gasteiger partial charge in [0.1, 0.15) is 22.8 Å². The molecule has 7 heteroatoms. The van der Waals surface area contributed by atoms with E-state index in [4.69, 9.17) is 4.42 Å². The third-order valence-corrected chi connectivity index (χ3v) is 7.45. The zero-order valence-corrected chi connectivity index (χ0v) is 19.6. The van der Waals surface area contributed by atoms with Crippen LogP contribution in [0.25, 0.3) is 11.5 Å². The molecule has 6 nitrogen and oxygen atoms in total. The van der Waals surface area contributed by atoms with Crippen LogP contribution in [0.2, 0.25) is 0 Å². The Morgan fingerprint density at radius 3 is 2.56 bits per heavy atom. The fraction of sp³-hybridized carbons (Fsp3) is 0.407. The summed E-state index contributed by atoms with van der Waals surface area (Å²) in [5.41, 5.74) is 0.909. The van der Waals surface area contributed by atoms with Crippen LogP contribution in [0.15, 0.2) is 59.2 Å².